The Hall–Kier alpha value is -3.23. The van der Waals surface area contributed by atoms with Crippen LogP contribution in [0.5, 0.6) is 0 Å². The number of hydrogen-bond donors (Lipinski definition) is 2. The van der Waals surface area contributed by atoms with E-state index in [0.29, 0.717) is 34.5 Å². The van der Waals surface area contributed by atoms with Gasteiger partial charge in [-0.2, -0.15) is 0 Å². The van der Waals surface area contributed by atoms with Crippen LogP contribution in [0, 0.1) is 0 Å². The third-order valence-electron chi connectivity index (χ3n) is 4.83. The first-order valence-electron chi connectivity index (χ1n) is 9.30. The number of nitrogens with one attached hydrogen (secondary N) is 2. The lowest BCUT2D eigenvalue weighted by Crippen LogP contribution is -2.24. The quantitative estimate of drug-likeness (QED) is 0.498. The summed E-state index contributed by atoms with van der Waals surface area (Å²) >= 11 is 6.09. The summed E-state index contributed by atoms with van der Waals surface area (Å²) in [6.07, 6.45) is 0. The Labute approximate surface area is 171 Å². The zero-order valence-corrected chi connectivity index (χ0v) is 16.2. The molecule has 0 atom stereocenters. The third-order valence-corrected chi connectivity index (χ3v) is 5.06. The van der Waals surface area contributed by atoms with Gasteiger partial charge in [0.2, 0.25) is 11.3 Å². The SMILES string of the molecule is Clc1cccc(Nc2nc3nonc3nc2NCCN2Cc3ccccc3C2)c1. The molecule has 1 aliphatic heterocycles. The number of rotatable bonds is 6. The highest BCUT2D eigenvalue weighted by atomic mass is 35.5. The van der Waals surface area contributed by atoms with E-state index >= 15 is 0 Å². The second-order valence-electron chi connectivity index (χ2n) is 6.87. The predicted molar refractivity (Wildman–Crippen MR) is 111 cm³/mol. The molecule has 0 bridgehead atoms. The van der Waals surface area contributed by atoms with Crippen LogP contribution in [-0.4, -0.2) is 38.3 Å². The molecule has 3 heterocycles. The molecule has 2 aromatic carbocycles. The van der Waals surface area contributed by atoms with E-state index in [4.69, 9.17) is 16.2 Å². The summed E-state index contributed by atoms with van der Waals surface area (Å²) in [7, 11) is 0. The molecule has 0 aliphatic carbocycles. The predicted octanol–water partition coefficient (Wildman–Crippen LogP) is 3.84. The maximum absolute atomic E-state index is 6.09. The van der Waals surface area contributed by atoms with Crippen molar-refractivity contribution < 1.29 is 4.63 Å². The molecule has 4 aromatic rings. The van der Waals surface area contributed by atoms with Crippen molar-refractivity contribution in [3.8, 4) is 0 Å². The normalized spacial score (nSPS) is 13.6. The summed E-state index contributed by atoms with van der Waals surface area (Å²) in [6, 6.07) is 16.0. The minimum Gasteiger partial charge on any atom is -0.366 e. The fourth-order valence-corrected chi connectivity index (χ4v) is 3.64. The molecule has 8 nitrogen and oxygen atoms in total. The number of aromatic nitrogens is 4. The molecule has 0 radical (unpaired) electrons. The van der Waals surface area contributed by atoms with Gasteiger partial charge in [0, 0.05) is 36.9 Å². The van der Waals surface area contributed by atoms with Gasteiger partial charge in [-0.1, -0.05) is 41.9 Å². The van der Waals surface area contributed by atoms with Gasteiger partial charge < -0.3 is 10.6 Å². The van der Waals surface area contributed by atoms with Crippen molar-refractivity contribution >= 4 is 40.2 Å². The molecule has 0 fully saturated rings. The molecule has 9 heteroatoms. The monoisotopic (exact) mass is 407 g/mol. The highest BCUT2D eigenvalue weighted by Gasteiger charge is 2.18. The van der Waals surface area contributed by atoms with Crippen molar-refractivity contribution in [2.75, 3.05) is 23.7 Å². The minimum atomic E-state index is 0.343. The lowest BCUT2D eigenvalue weighted by molar-refractivity contribution is 0.296. The van der Waals surface area contributed by atoms with Crippen LogP contribution >= 0.6 is 11.6 Å². The van der Waals surface area contributed by atoms with E-state index in [1.54, 1.807) is 0 Å². The Morgan fingerprint density at radius 2 is 1.66 bits per heavy atom. The number of anilines is 3. The number of benzene rings is 2. The van der Waals surface area contributed by atoms with E-state index < -0.39 is 0 Å². The summed E-state index contributed by atoms with van der Waals surface area (Å²) in [5.74, 6) is 1.13. The maximum Gasteiger partial charge on any atom is 0.245 e. The van der Waals surface area contributed by atoms with Gasteiger partial charge in [0.25, 0.3) is 0 Å². The third kappa shape index (κ3) is 3.85. The summed E-state index contributed by atoms with van der Waals surface area (Å²) < 4.78 is 4.76. The van der Waals surface area contributed by atoms with Crippen molar-refractivity contribution in [3.05, 3.63) is 64.7 Å². The Morgan fingerprint density at radius 1 is 0.931 bits per heavy atom. The van der Waals surface area contributed by atoms with E-state index in [-0.39, 0.29) is 0 Å². The first kappa shape index (κ1) is 17.8. The van der Waals surface area contributed by atoms with Crippen LogP contribution in [0.4, 0.5) is 17.3 Å². The first-order chi connectivity index (χ1) is 14.2. The summed E-state index contributed by atoms with van der Waals surface area (Å²) in [5.41, 5.74) is 4.30. The van der Waals surface area contributed by atoms with Crippen LogP contribution in [-0.2, 0) is 13.1 Å². The second kappa shape index (κ2) is 7.65. The van der Waals surface area contributed by atoms with Crippen molar-refractivity contribution in [2.24, 2.45) is 0 Å². The molecule has 0 unspecified atom stereocenters. The van der Waals surface area contributed by atoms with Gasteiger partial charge in [0.15, 0.2) is 11.6 Å². The van der Waals surface area contributed by atoms with Crippen LogP contribution in [0.1, 0.15) is 11.1 Å². The molecule has 0 saturated heterocycles. The molecule has 29 heavy (non-hydrogen) atoms. The van der Waals surface area contributed by atoms with E-state index in [1.807, 2.05) is 24.3 Å². The standard InChI is InChI=1S/C20H18ClN7O/c21-15-6-3-7-16(10-15)23-18-17(24-19-20(25-18)27-29-26-19)22-8-9-28-11-13-4-1-2-5-14(13)12-28/h1-7,10H,8-9,11-12H2,(H,22,24,26)(H,23,25,27). The Bertz CT molecular complexity index is 1140. The largest absolute Gasteiger partial charge is 0.366 e. The van der Waals surface area contributed by atoms with Gasteiger partial charge in [-0.3, -0.25) is 4.90 Å². The maximum atomic E-state index is 6.09. The second-order valence-corrected chi connectivity index (χ2v) is 7.31. The average Bonchev–Trinajstić information content (AvgIpc) is 3.34. The Morgan fingerprint density at radius 3 is 2.38 bits per heavy atom. The molecule has 2 aromatic heterocycles. The zero-order chi connectivity index (χ0) is 19.6. The van der Waals surface area contributed by atoms with E-state index in [0.717, 1.165) is 25.3 Å². The molecule has 0 spiro atoms. The average molecular weight is 408 g/mol. The van der Waals surface area contributed by atoms with Crippen LogP contribution in [0.3, 0.4) is 0 Å². The topological polar surface area (TPSA) is 92.0 Å². The number of nitrogens with zero attached hydrogens (tertiary/aromatic N) is 5. The molecule has 5 rings (SSSR count). The lowest BCUT2D eigenvalue weighted by atomic mass is 10.1. The van der Waals surface area contributed by atoms with Gasteiger partial charge >= 0.3 is 0 Å². The Balaban J connectivity index is 1.31. The summed E-state index contributed by atoms with van der Waals surface area (Å²) in [6.45, 7) is 3.51. The van der Waals surface area contributed by atoms with Crippen molar-refractivity contribution in [2.45, 2.75) is 13.1 Å². The highest BCUT2D eigenvalue weighted by Crippen LogP contribution is 2.26. The van der Waals surface area contributed by atoms with E-state index in [2.05, 4.69) is 60.1 Å². The molecule has 146 valence electrons. The molecule has 0 amide bonds. The smallest absolute Gasteiger partial charge is 0.245 e. The molecular formula is C20H18ClN7O. The first-order valence-corrected chi connectivity index (χ1v) is 9.68. The lowest BCUT2D eigenvalue weighted by Gasteiger charge is -2.16. The molecular weight excluding hydrogens is 390 g/mol. The fraction of sp³-hybridized carbons (Fsp3) is 0.200. The van der Waals surface area contributed by atoms with Gasteiger partial charge in [0.05, 0.1) is 0 Å². The number of halogens is 1. The van der Waals surface area contributed by atoms with Gasteiger partial charge in [-0.15, -0.1) is 0 Å². The summed E-state index contributed by atoms with van der Waals surface area (Å²) in [5, 5.41) is 14.8. The Kier molecular flexibility index (Phi) is 4.71. The fourth-order valence-electron chi connectivity index (χ4n) is 3.45. The van der Waals surface area contributed by atoms with Crippen molar-refractivity contribution in [1.29, 1.82) is 0 Å². The van der Waals surface area contributed by atoms with Crippen LogP contribution in [0.2, 0.25) is 5.02 Å². The highest BCUT2D eigenvalue weighted by molar-refractivity contribution is 6.30. The number of fused-ring (bicyclic) bond motifs is 2. The summed E-state index contributed by atoms with van der Waals surface area (Å²) in [4.78, 5) is 11.4. The van der Waals surface area contributed by atoms with Crippen LogP contribution in [0.15, 0.2) is 53.2 Å². The van der Waals surface area contributed by atoms with Crippen LogP contribution in [0.25, 0.3) is 11.3 Å². The van der Waals surface area contributed by atoms with Crippen LogP contribution < -0.4 is 10.6 Å². The van der Waals surface area contributed by atoms with E-state index in [1.165, 1.54) is 11.1 Å². The van der Waals surface area contributed by atoms with Gasteiger partial charge in [-0.05, 0) is 39.6 Å². The minimum absolute atomic E-state index is 0.343. The van der Waals surface area contributed by atoms with E-state index in [9.17, 15) is 0 Å². The number of hydrogen-bond acceptors (Lipinski definition) is 8. The zero-order valence-electron chi connectivity index (χ0n) is 15.5. The van der Waals surface area contributed by atoms with Crippen molar-refractivity contribution in [3.63, 3.8) is 0 Å². The van der Waals surface area contributed by atoms with Gasteiger partial charge in [-0.25, -0.2) is 14.6 Å². The molecule has 2 N–H and O–H groups in total. The molecule has 0 saturated carbocycles. The van der Waals surface area contributed by atoms with Crippen molar-refractivity contribution in [1.82, 2.24) is 25.2 Å². The molecule has 1 aliphatic rings. The van der Waals surface area contributed by atoms with Gasteiger partial charge in [0.1, 0.15) is 0 Å².